The fraction of sp³-hybridized carbons (Fsp3) is 0.333. The molecule has 0 bridgehead atoms. The Bertz CT molecular complexity index is 439. The summed E-state index contributed by atoms with van der Waals surface area (Å²) >= 11 is 0. The number of aliphatic hydroxyl groups excluding tert-OH is 1. The lowest BCUT2D eigenvalue weighted by Crippen LogP contribution is -1.92. The van der Waals surface area contributed by atoms with Crippen LogP contribution in [0.3, 0.4) is 0 Å². The van der Waals surface area contributed by atoms with E-state index in [0.717, 1.165) is 0 Å². The molecule has 0 unspecified atom stereocenters. The van der Waals surface area contributed by atoms with E-state index in [1.165, 1.54) is 10.7 Å². The van der Waals surface area contributed by atoms with Crippen LogP contribution in [0, 0.1) is 0 Å². The summed E-state index contributed by atoms with van der Waals surface area (Å²) in [4.78, 5) is 4.22. The minimum absolute atomic E-state index is 0.140. The molecule has 0 amide bonds. The van der Waals surface area contributed by atoms with Gasteiger partial charge >= 0.3 is 0 Å². The largest absolute Gasteiger partial charge is 0.506 e. The second-order valence-corrected chi connectivity index (χ2v) is 3.05. The van der Waals surface area contributed by atoms with Crippen LogP contribution in [0.1, 0.15) is 12.2 Å². The molecule has 2 heterocycles. The minimum atomic E-state index is 0.140. The van der Waals surface area contributed by atoms with Crippen molar-refractivity contribution in [2.75, 3.05) is 6.61 Å². The SMILES string of the molecule is OCCCc1nc2ccc(O)cn2n1. The Labute approximate surface area is 80.6 Å². The first-order chi connectivity index (χ1) is 6.79. The lowest BCUT2D eigenvalue weighted by atomic mass is 10.3. The van der Waals surface area contributed by atoms with E-state index in [4.69, 9.17) is 5.11 Å². The molecule has 74 valence electrons. The smallest absolute Gasteiger partial charge is 0.155 e. The van der Waals surface area contributed by atoms with Gasteiger partial charge in [0.15, 0.2) is 11.5 Å². The van der Waals surface area contributed by atoms with E-state index in [2.05, 4.69) is 10.1 Å². The highest BCUT2D eigenvalue weighted by Crippen LogP contribution is 2.10. The molecule has 2 N–H and O–H groups in total. The second kappa shape index (κ2) is 3.63. The lowest BCUT2D eigenvalue weighted by Gasteiger charge is -1.90. The molecule has 5 heteroatoms. The number of hydrogen-bond acceptors (Lipinski definition) is 4. The number of aromatic nitrogens is 3. The van der Waals surface area contributed by atoms with Gasteiger partial charge in [0.1, 0.15) is 5.75 Å². The number of nitrogens with zero attached hydrogens (tertiary/aromatic N) is 3. The highest BCUT2D eigenvalue weighted by molar-refractivity contribution is 5.40. The summed E-state index contributed by atoms with van der Waals surface area (Å²) < 4.78 is 1.53. The van der Waals surface area contributed by atoms with Crippen LogP contribution in [0.4, 0.5) is 0 Å². The van der Waals surface area contributed by atoms with Gasteiger partial charge in [-0.1, -0.05) is 0 Å². The Kier molecular flexibility index (Phi) is 2.32. The van der Waals surface area contributed by atoms with E-state index in [9.17, 15) is 5.11 Å². The Morgan fingerprint density at radius 3 is 3.00 bits per heavy atom. The van der Waals surface area contributed by atoms with Gasteiger partial charge in [-0.2, -0.15) is 5.10 Å². The molecule has 0 saturated heterocycles. The second-order valence-electron chi connectivity index (χ2n) is 3.05. The first-order valence-corrected chi connectivity index (χ1v) is 4.45. The van der Waals surface area contributed by atoms with E-state index >= 15 is 0 Å². The van der Waals surface area contributed by atoms with Gasteiger partial charge in [0.2, 0.25) is 0 Å². The molecular weight excluding hydrogens is 182 g/mol. The molecule has 2 aromatic heterocycles. The molecule has 0 spiro atoms. The van der Waals surface area contributed by atoms with Crippen LogP contribution in [0.5, 0.6) is 5.75 Å². The summed E-state index contributed by atoms with van der Waals surface area (Å²) in [5.41, 5.74) is 0.704. The third-order valence-corrected chi connectivity index (χ3v) is 1.92. The summed E-state index contributed by atoms with van der Waals surface area (Å²) in [6, 6.07) is 3.27. The van der Waals surface area contributed by atoms with E-state index in [1.54, 1.807) is 12.1 Å². The summed E-state index contributed by atoms with van der Waals surface area (Å²) in [6.07, 6.45) is 2.81. The van der Waals surface area contributed by atoms with Crippen LogP contribution in [-0.4, -0.2) is 31.4 Å². The molecule has 0 aliphatic rings. The quantitative estimate of drug-likeness (QED) is 0.738. The number of hydrogen-bond donors (Lipinski definition) is 2. The van der Waals surface area contributed by atoms with Crippen LogP contribution in [0.15, 0.2) is 18.3 Å². The van der Waals surface area contributed by atoms with Crippen LogP contribution in [0.25, 0.3) is 5.65 Å². The monoisotopic (exact) mass is 193 g/mol. The van der Waals surface area contributed by atoms with Gasteiger partial charge in [-0.3, -0.25) is 0 Å². The van der Waals surface area contributed by atoms with Crippen LogP contribution >= 0.6 is 0 Å². The molecule has 0 aliphatic carbocycles. The van der Waals surface area contributed by atoms with Gasteiger partial charge < -0.3 is 10.2 Å². The van der Waals surface area contributed by atoms with E-state index < -0.39 is 0 Å². The Morgan fingerprint density at radius 1 is 1.36 bits per heavy atom. The Morgan fingerprint density at radius 2 is 2.21 bits per heavy atom. The van der Waals surface area contributed by atoms with Crippen molar-refractivity contribution in [2.45, 2.75) is 12.8 Å². The lowest BCUT2D eigenvalue weighted by molar-refractivity contribution is 0.287. The zero-order valence-electron chi connectivity index (χ0n) is 7.59. The number of aryl methyl sites for hydroxylation is 1. The van der Waals surface area contributed by atoms with Crippen molar-refractivity contribution in [2.24, 2.45) is 0 Å². The van der Waals surface area contributed by atoms with Gasteiger partial charge in [0, 0.05) is 13.0 Å². The highest BCUT2D eigenvalue weighted by Gasteiger charge is 2.02. The van der Waals surface area contributed by atoms with Gasteiger partial charge in [0.25, 0.3) is 0 Å². The third kappa shape index (κ3) is 1.67. The van der Waals surface area contributed by atoms with E-state index in [0.29, 0.717) is 24.3 Å². The maximum absolute atomic E-state index is 9.19. The topological polar surface area (TPSA) is 70.7 Å². The number of pyridine rings is 1. The van der Waals surface area contributed by atoms with Crippen LogP contribution < -0.4 is 0 Å². The maximum Gasteiger partial charge on any atom is 0.155 e. The summed E-state index contributed by atoms with van der Waals surface area (Å²) in [5.74, 6) is 0.848. The molecule has 0 aromatic carbocycles. The molecule has 0 aliphatic heterocycles. The van der Waals surface area contributed by atoms with Crippen molar-refractivity contribution in [1.29, 1.82) is 0 Å². The average Bonchev–Trinajstić information content (AvgIpc) is 2.56. The molecule has 2 rings (SSSR count). The molecule has 0 fully saturated rings. The molecular formula is C9H11N3O2. The van der Waals surface area contributed by atoms with Gasteiger partial charge in [-0.25, -0.2) is 9.50 Å². The first kappa shape index (κ1) is 8.96. The predicted octanol–water partition coefficient (Wildman–Crippen LogP) is 0.360. The van der Waals surface area contributed by atoms with Gasteiger partial charge in [0.05, 0.1) is 6.20 Å². The number of rotatable bonds is 3. The highest BCUT2D eigenvalue weighted by atomic mass is 16.3. The zero-order chi connectivity index (χ0) is 9.97. The summed E-state index contributed by atoms with van der Waals surface area (Å²) in [6.45, 7) is 0.140. The van der Waals surface area contributed by atoms with Gasteiger partial charge in [-0.05, 0) is 18.6 Å². The zero-order valence-corrected chi connectivity index (χ0v) is 7.59. The van der Waals surface area contributed by atoms with Gasteiger partial charge in [-0.15, -0.1) is 0 Å². The van der Waals surface area contributed by atoms with E-state index in [-0.39, 0.29) is 12.4 Å². The number of fused-ring (bicyclic) bond motifs is 1. The van der Waals surface area contributed by atoms with Crippen LogP contribution in [0.2, 0.25) is 0 Å². The molecule has 5 nitrogen and oxygen atoms in total. The van der Waals surface area contributed by atoms with Crippen molar-refractivity contribution in [3.8, 4) is 5.75 Å². The normalized spacial score (nSPS) is 10.9. The maximum atomic E-state index is 9.19. The Hall–Kier alpha value is -1.62. The van der Waals surface area contributed by atoms with Crippen LogP contribution in [-0.2, 0) is 6.42 Å². The number of aromatic hydroxyl groups is 1. The van der Waals surface area contributed by atoms with Crippen molar-refractivity contribution in [1.82, 2.24) is 14.6 Å². The van der Waals surface area contributed by atoms with Crippen molar-refractivity contribution >= 4 is 5.65 Å². The fourth-order valence-electron chi connectivity index (χ4n) is 1.26. The van der Waals surface area contributed by atoms with E-state index in [1.807, 2.05) is 0 Å². The molecule has 14 heavy (non-hydrogen) atoms. The predicted molar refractivity (Wildman–Crippen MR) is 50.1 cm³/mol. The van der Waals surface area contributed by atoms with Crippen molar-refractivity contribution in [3.05, 3.63) is 24.2 Å². The summed E-state index contributed by atoms with van der Waals surface area (Å²) in [5, 5.41) is 22.0. The Balaban J connectivity index is 2.32. The van der Waals surface area contributed by atoms with Crippen molar-refractivity contribution < 1.29 is 10.2 Å². The molecule has 0 radical (unpaired) electrons. The third-order valence-electron chi connectivity index (χ3n) is 1.92. The fourth-order valence-corrected chi connectivity index (χ4v) is 1.26. The standard InChI is InChI=1S/C9H11N3O2/c13-5-1-2-8-10-9-4-3-7(14)6-12(9)11-8/h3-4,6,13-14H,1-2,5H2. The molecule has 0 atom stereocenters. The minimum Gasteiger partial charge on any atom is -0.506 e. The van der Waals surface area contributed by atoms with Crippen molar-refractivity contribution in [3.63, 3.8) is 0 Å². The first-order valence-electron chi connectivity index (χ1n) is 4.45. The molecule has 2 aromatic rings. The molecule has 0 saturated carbocycles. The number of aliphatic hydroxyl groups is 1. The average molecular weight is 193 g/mol. The summed E-state index contributed by atoms with van der Waals surface area (Å²) in [7, 11) is 0.